The van der Waals surface area contributed by atoms with Gasteiger partial charge >= 0.3 is 5.97 Å². The Morgan fingerprint density at radius 3 is 2.72 bits per heavy atom. The molecule has 0 aliphatic carbocycles. The first-order valence-corrected chi connectivity index (χ1v) is 10.7. The van der Waals surface area contributed by atoms with E-state index in [1.807, 2.05) is 17.5 Å². The third-order valence-electron chi connectivity index (χ3n) is 4.52. The third-order valence-corrected chi connectivity index (χ3v) is 6.43. The number of thiazole rings is 1. The van der Waals surface area contributed by atoms with Gasteiger partial charge in [0.2, 0.25) is 0 Å². The number of esters is 1. The van der Waals surface area contributed by atoms with Gasteiger partial charge in [-0.2, -0.15) is 0 Å². The SMILES string of the molecule is CCOC(=O)C1=C(C)N=c2s/c(=C\c3ccc(O)cc3)c(=O)n2C1c1cccs1. The van der Waals surface area contributed by atoms with E-state index in [1.165, 1.54) is 22.7 Å². The fraction of sp³-hybridized carbons (Fsp3) is 0.190. The van der Waals surface area contributed by atoms with Gasteiger partial charge in [0.25, 0.3) is 5.56 Å². The van der Waals surface area contributed by atoms with Crippen molar-refractivity contribution in [1.82, 2.24) is 4.57 Å². The Morgan fingerprint density at radius 1 is 1.31 bits per heavy atom. The maximum Gasteiger partial charge on any atom is 0.338 e. The molecule has 0 saturated carbocycles. The van der Waals surface area contributed by atoms with Crippen LogP contribution in [0.25, 0.3) is 6.08 Å². The van der Waals surface area contributed by atoms with E-state index < -0.39 is 12.0 Å². The smallest absolute Gasteiger partial charge is 0.338 e. The van der Waals surface area contributed by atoms with Gasteiger partial charge in [-0.05, 0) is 49.1 Å². The van der Waals surface area contributed by atoms with E-state index in [9.17, 15) is 14.7 Å². The van der Waals surface area contributed by atoms with Crippen LogP contribution in [0, 0.1) is 0 Å². The number of aromatic nitrogens is 1. The number of hydrogen-bond acceptors (Lipinski definition) is 7. The summed E-state index contributed by atoms with van der Waals surface area (Å²) in [7, 11) is 0. The molecule has 29 heavy (non-hydrogen) atoms. The molecule has 3 heterocycles. The number of aromatic hydroxyl groups is 1. The van der Waals surface area contributed by atoms with Crippen LogP contribution in [0.15, 0.2) is 62.8 Å². The van der Waals surface area contributed by atoms with Crippen LogP contribution in [-0.2, 0) is 9.53 Å². The van der Waals surface area contributed by atoms with Crippen molar-refractivity contribution in [3.8, 4) is 5.75 Å². The number of carbonyl (C=O) groups excluding carboxylic acids is 1. The number of hydrogen-bond donors (Lipinski definition) is 1. The summed E-state index contributed by atoms with van der Waals surface area (Å²) in [6.45, 7) is 3.77. The van der Waals surface area contributed by atoms with Crippen molar-refractivity contribution in [2.24, 2.45) is 4.99 Å². The van der Waals surface area contributed by atoms with Crippen molar-refractivity contribution in [2.75, 3.05) is 6.61 Å². The summed E-state index contributed by atoms with van der Waals surface area (Å²) in [5.41, 5.74) is 1.52. The second-order valence-corrected chi connectivity index (χ2v) is 8.40. The van der Waals surface area contributed by atoms with Crippen LogP contribution in [0.4, 0.5) is 0 Å². The fourth-order valence-electron chi connectivity index (χ4n) is 3.23. The molecule has 0 radical (unpaired) electrons. The quantitative estimate of drug-likeness (QED) is 0.650. The molecule has 0 spiro atoms. The van der Waals surface area contributed by atoms with Crippen molar-refractivity contribution in [1.29, 1.82) is 0 Å². The Bertz CT molecular complexity index is 1270. The van der Waals surface area contributed by atoms with Gasteiger partial charge in [0.05, 0.1) is 22.4 Å². The molecule has 4 rings (SSSR count). The standard InChI is InChI=1S/C21H18N2O4S2/c1-3-27-20(26)17-12(2)22-21-23(18(17)15-5-4-10-28-15)19(25)16(29-21)11-13-6-8-14(24)9-7-13/h4-11,18,24H,3H2,1-2H3/b16-11-. The lowest BCUT2D eigenvalue weighted by Crippen LogP contribution is -2.39. The third kappa shape index (κ3) is 3.56. The number of thiophene rings is 1. The molecule has 8 heteroatoms. The number of allylic oxidation sites excluding steroid dienone is 1. The number of carbonyl (C=O) groups is 1. The molecular weight excluding hydrogens is 408 g/mol. The number of rotatable bonds is 4. The molecule has 148 valence electrons. The Kier molecular flexibility index (Phi) is 5.21. The second kappa shape index (κ2) is 7.81. The molecular formula is C21H18N2O4S2. The average Bonchev–Trinajstić information content (AvgIpc) is 3.32. The number of benzene rings is 1. The number of nitrogens with zero attached hydrogens (tertiary/aromatic N) is 2. The molecule has 1 aliphatic rings. The lowest BCUT2D eigenvalue weighted by Gasteiger charge is -2.23. The molecule has 2 aromatic heterocycles. The van der Waals surface area contributed by atoms with Crippen LogP contribution in [0.2, 0.25) is 0 Å². The van der Waals surface area contributed by atoms with E-state index in [2.05, 4.69) is 4.99 Å². The van der Waals surface area contributed by atoms with Crippen LogP contribution in [0.5, 0.6) is 5.75 Å². The van der Waals surface area contributed by atoms with E-state index in [0.29, 0.717) is 20.6 Å². The molecule has 1 unspecified atom stereocenters. The monoisotopic (exact) mass is 426 g/mol. The van der Waals surface area contributed by atoms with Crippen molar-refractivity contribution < 1.29 is 14.6 Å². The molecule has 6 nitrogen and oxygen atoms in total. The molecule has 0 saturated heterocycles. The number of phenols is 1. The van der Waals surface area contributed by atoms with Gasteiger partial charge in [-0.1, -0.05) is 29.5 Å². The normalized spacial score (nSPS) is 16.5. The van der Waals surface area contributed by atoms with Gasteiger partial charge < -0.3 is 9.84 Å². The largest absolute Gasteiger partial charge is 0.508 e. The molecule has 1 atom stereocenters. The van der Waals surface area contributed by atoms with Gasteiger partial charge in [0, 0.05) is 4.88 Å². The predicted octanol–water partition coefficient (Wildman–Crippen LogP) is 2.57. The van der Waals surface area contributed by atoms with Crippen LogP contribution < -0.4 is 14.9 Å². The van der Waals surface area contributed by atoms with Crippen molar-refractivity contribution in [3.63, 3.8) is 0 Å². The van der Waals surface area contributed by atoms with Gasteiger partial charge in [-0.15, -0.1) is 11.3 Å². The zero-order chi connectivity index (χ0) is 20.5. The minimum absolute atomic E-state index is 0.163. The molecule has 3 aromatic rings. The highest BCUT2D eigenvalue weighted by Crippen LogP contribution is 2.33. The highest BCUT2D eigenvalue weighted by molar-refractivity contribution is 7.10. The lowest BCUT2D eigenvalue weighted by atomic mass is 10.0. The van der Waals surface area contributed by atoms with E-state index in [-0.39, 0.29) is 17.9 Å². The second-order valence-electron chi connectivity index (χ2n) is 6.41. The van der Waals surface area contributed by atoms with Crippen LogP contribution in [-0.4, -0.2) is 22.2 Å². The summed E-state index contributed by atoms with van der Waals surface area (Å²) in [5, 5.41) is 11.4. The average molecular weight is 427 g/mol. The first kappa shape index (κ1) is 19.4. The molecule has 1 aromatic carbocycles. The zero-order valence-corrected chi connectivity index (χ0v) is 17.4. The molecule has 1 N–H and O–H groups in total. The fourth-order valence-corrected chi connectivity index (χ4v) is 5.10. The van der Waals surface area contributed by atoms with E-state index in [0.717, 1.165) is 10.4 Å². The Morgan fingerprint density at radius 2 is 2.07 bits per heavy atom. The molecule has 0 fully saturated rings. The Balaban J connectivity index is 1.93. The minimum Gasteiger partial charge on any atom is -0.508 e. The van der Waals surface area contributed by atoms with Gasteiger partial charge in [0.1, 0.15) is 11.8 Å². The highest BCUT2D eigenvalue weighted by atomic mass is 32.1. The van der Waals surface area contributed by atoms with Crippen molar-refractivity contribution in [2.45, 2.75) is 19.9 Å². The maximum absolute atomic E-state index is 13.3. The first-order valence-electron chi connectivity index (χ1n) is 9.01. The summed E-state index contributed by atoms with van der Waals surface area (Å²) in [6.07, 6.45) is 1.76. The highest BCUT2D eigenvalue weighted by Gasteiger charge is 2.33. The lowest BCUT2D eigenvalue weighted by molar-refractivity contribution is -0.139. The Labute approximate surface area is 174 Å². The topological polar surface area (TPSA) is 80.9 Å². The van der Waals surface area contributed by atoms with Gasteiger partial charge in [-0.3, -0.25) is 9.36 Å². The summed E-state index contributed by atoms with van der Waals surface area (Å²) >= 11 is 2.76. The summed E-state index contributed by atoms with van der Waals surface area (Å²) in [4.78, 5) is 31.9. The van der Waals surface area contributed by atoms with Gasteiger partial charge in [-0.25, -0.2) is 9.79 Å². The predicted molar refractivity (Wildman–Crippen MR) is 113 cm³/mol. The Hall–Kier alpha value is -2.97. The molecule has 1 aliphatic heterocycles. The summed E-state index contributed by atoms with van der Waals surface area (Å²) < 4.78 is 7.33. The molecule has 0 bridgehead atoms. The molecule has 0 amide bonds. The number of phenolic OH excluding ortho intramolecular Hbond substituents is 1. The van der Waals surface area contributed by atoms with E-state index in [1.54, 1.807) is 48.8 Å². The first-order chi connectivity index (χ1) is 14.0. The summed E-state index contributed by atoms with van der Waals surface area (Å²) in [6, 6.07) is 9.85. The van der Waals surface area contributed by atoms with Crippen LogP contribution in [0.1, 0.15) is 30.3 Å². The van der Waals surface area contributed by atoms with Gasteiger partial charge in [0.15, 0.2) is 4.80 Å². The maximum atomic E-state index is 13.3. The minimum atomic E-state index is -0.563. The van der Waals surface area contributed by atoms with Crippen molar-refractivity contribution in [3.05, 3.63) is 83.2 Å². The number of fused-ring (bicyclic) bond motifs is 1. The van der Waals surface area contributed by atoms with Crippen molar-refractivity contribution >= 4 is 34.7 Å². The zero-order valence-electron chi connectivity index (χ0n) is 15.8. The van der Waals surface area contributed by atoms with E-state index in [4.69, 9.17) is 4.74 Å². The van der Waals surface area contributed by atoms with E-state index >= 15 is 0 Å². The number of ether oxygens (including phenoxy) is 1. The van der Waals surface area contributed by atoms with Crippen LogP contribution >= 0.6 is 22.7 Å². The van der Waals surface area contributed by atoms with Crippen LogP contribution in [0.3, 0.4) is 0 Å². The summed E-state index contributed by atoms with van der Waals surface area (Å²) in [5.74, 6) is -0.295.